The molecule has 6 heteroatoms. The maximum atomic E-state index is 11.8. The zero-order valence-electron chi connectivity index (χ0n) is 12.5. The van der Waals surface area contributed by atoms with Gasteiger partial charge in [0.15, 0.2) is 6.61 Å². The number of carbonyl (C=O) groups excluding carboxylic acids is 2. The van der Waals surface area contributed by atoms with E-state index in [9.17, 15) is 9.59 Å². The second-order valence-corrected chi connectivity index (χ2v) is 5.69. The predicted molar refractivity (Wildman–Crippen MR) is 82.9 cm³/mol. The molecule has 0 aromatic heterocycles. The molecule has 2 amide bonds. The van der Waals surface area contributed by atoms with Gasteiger partial charge in [-0.3, -0.25) is 9.59 Å². The van der Waals surface area contributed by atoms with E-state index in [-0.39, 0.29) is 24.5 Å². The summed E-state index contributed by atoms with van der Waals surface area (Å²) in [7, 11) is 0. The van der Waals surface area contributed by atoms with E-state index in [0.29, 0.717) is 12.2 Å². The molecule has 6 nitrogen and oxygen atoms in total. The van der Waals surface area contributed by atoms with Gasteiger partial charge in [0.25, 0.3) is 5.91 Å². The zero-order valence-corrected chi connectivity index (χ0v) is 12.5. The van der Waals surface area contributed by atoms with E-state index in [1.54, 1.807) is 17.0 Å². The molecule has 1 unspecified atom stereocenters. The van der Waals surface area contributed by atoms with Gasteiger partial charge in [-0.2, -0.15) is 0 Å². The molecule has 2 N–H and O–H groups in total. The van der Waals surface area contributed by atoms with Crippen LogP contribution in [0.25, 0.3) is 0 Å². The SMILES string of the molecule is O=C(COc1ccc(N2CCCC2=O)cc1)NC1CCNC1. The normalized spacial score (nSPS) is 21.2. The topological polar surface area (TPSA) is 70.7 Å². The number of amides is 2. The molecule has 118 valence electrons. The van der Waals surface area contributed by atoms with Gasteiger partial charge in [0.1, 0.15) is 5.75 Å². The van der Waals surface area contributed by atoms with Gasteiger partial charge in [0.05, 0.1) is 0 Å². The molecule has 3 rings (SSSR count). The summed E-state index contributed by atoms with van der Waals surface area (Å²) < 4.78 is 5.49. The van der Waals surface area contributed by atoms with Crippen LogP contribution in [0.5, 0.6) is 5.75 Å². The van der Waals surface area contributed by atoms with Crippen LogP contribution < -0.4 is 20.3 Å². The lowest BCUT2D eigenvalue weighted by Crippen LogP contribution is -2.39. The van der Waals surface area contributed by atoms with Crippen molar-refractivity contribution in [3.8, 4) is 5.75 Å². The van der Waals surface area contributed by atoms with Gasteiger partial charge >= 0.3 is 0 Å². The fraction of sp³-hybridized carbons (Fsp3) is 0.500. The first kappa shape index (κ1) is 14.8. The van der Waals surface area contributed by atoms with E-state index >= 15 is 0 Å². The van der Waals surface area contributed by atoms with E-state index in [4.69, 9.17) is 4.74 Å². The number of nitrogens with one attached hydrogen (secondary N) is 2. The number of benzene rings is 1. The molecule has 2 fully saturated rings. The lowest BCUT2D eigenvalue weighted by Gasteiger charge is -2.16. The lowest BCUT2D eigenvalue weighted by atomic mass is 10.2. The highest BCUT2D eigenvalue weighted by molar-refractivity contribution is 5.95. The van der Waals surface area contributed by atoms with Crippen molar-refractivity contribution in [2.45, 2.75) is 25.3 Å². The number of ether oxygens (including phenoxy) is 1. The lowest BCUT2D eigenvalue weighted by molar-refractivity contribution is -0.123. The van der Waals surface area contributed by atoms with E-state index < -0.39 is 0 Å². The molecule has 0 saturated carbocycles. The molecule has 0 spiro atoms. The zero-order chi connectivity index (χ0) is 15.4. The summed E-state index contributed by atoms with van der Waals surface area (Å²) in [5.41, 5.74) is 0.885. The Hall–Kier alpha value is -2.08. The summed E-state index contributed by atoms with van der Waals surface area (Å²) in [4.78, 5) is 25.2. The van der Waals surface area contributed by atoms with Crippen LogP contribution in [0.4, 0.5) is 5.69 Å². The Morgan fingerprint density at radius 3 is 2.82 bits per heavy atom. The summed E-state index contributed by atoms with van der Waals surface area (Å²) >= 11 is 0. The van der Waals surface area contributed by atoms with Gasteiger partial charge in [0, 0.05) is 31.2 Å². The Morgan fingerprint density at radius 2 is 2.18 bits per heavy atom. The molecular formula is C16H21N3O3. The minimum atomic E-state index is -0.104. The maximum absolute atomic E-state index is 11.8. The van der Waals surface area contributed by atoms with E-state index in [0.717, 1.165) is 38.2 Å². The Labute approximate surface area is 129 Å². The van der Waals surface area contributed by atoms with Crippen molar-refractivity contribution in [3.05, 3.63) is 24.3 Å². The number of carbonyl (C=O) groups is 2. The first-order chi connectivity index (χ1) is 10.7. The molecule has 1 atom stereocenters. The van der Waals surface area contributed by atoms with Crippen molar-refractivity contribution in [1.29, 1.82) is 0 Å². The highest BCUT2D eigenvalue weighted by Crippen LogP contribution is 2.23. The molecular weight excluding hydrogens is 282 g/mol. The monoisotopic (exact) mass is 303 g/mol. The molecule has 2 aliphatic rings. The molecule has 0 radical (unpaired) electrons. The highest BCUT2D eigenvalue weighted by Gasteiger charge is 2.21. The quantitative estimate of drug-likeness (QED) is 0.839. The van der Waals surface area contributed by atoms with Crippen LogP contribution in [0.15, 0.2) is 24.3 Å². The second kappa shape index (κ2) is 6.79. The van der Waals surface area contributed by atoms with Crippen LogP contribution in [-0.4, -0.2) is 44.1 Å². The van der Waals surface area contributed by atoms with Crippen LogP contribution in [0.2, 0.25) is 0 Å². The minimum absolute atomic E-state index is 0.0124. The number of anilines is 1. The Kier molecular flexibility index (Phi) is 4.58. The Bertz CT molecular complexity index is 538. The molecule has 0 bridgehead atoms. The Balaban J connectivity index is 1.48. The molecule has 22 heavy (non-hydrogen) atoms. The fourth-order valence-corrected chi connectivity index (χ4v) is 2.84. The van der Waals surface area contributed by atoms with Gasteiger partial charge in [0.2, 0.25) is 5.91 Å². The van der Waals surface area contributed by atoms with Gasteiger partial charge < -0.3 is 20.3 Å². The van der Waals surface area contributed by atoms with Gasteiger partial charge in [-0.1, -0.05) is 0 Å². The third-order valence-corrected chi connectivity index (χ3v) is 4.02. The van der Waals surface area contributed by atoms with E-state index in [2.05, 4.69) is 10.6 Å². The predicted octanol–water partition coefficient (Wildman–Crippen LogP) is 0.670. The third kappa shape index (κ3) is 3.57. The fourth-order valence-electron chi connectivity index (χ4n) is 2.84. The molecule has 2 saturated heterocycles. The van der Waals surface area contributed by atoms with E-state index in [1.807, 2.05) is 12.1 Å². The summed E-state index contributed by atoms with van der Waals surface area (Å²) in [6.45, 7) is 2.56. The molecule has 2 aliphatic heterocycles. The van der Waals surface area contributed by atoms with Crippen LogP contribution in [-0.2, 0) is 9.59 Å². The van der Waals surface area contributed by atoms with Crippen molar-refractivity contribution < 1.29 is 14.3 Å². The summed E-state index contributed by atoms with van der Waals surface area (Å²) in [5.74, 6) is 0.695. The second-order valence-electron chi connectivity index (χ2n) is 5.69. The molecule has 0 aliphatic carbocycles. The molecule has 1 aromatic rings. The van der Waals surface area contributed by atoms with Crippen LogP contribution in [0.3, 0.4) is 0 Å². The average Bonchev–Trinajstić information content (AvgIpc) is 3.17. The van der Waals surface area contributed by atoms with Gasteiger partial charge in [-0.25, -0.2) is 0 Å². The number of hydrogen-bond donors (Lipinski definition) is 2. The minimum Gasteiger partial charge on any atom is -0.484 e. The Morgan fingerprint density at radius 1 is 1.36 bits per heavy atom. The maximum Gasteiger partial charge on any atom is 0.258 e. The highest BCUT2D eigenvalue weighted by atomic mass is 16.5. The van der Waals surface area contributed by atoms with Crippen LogP contribution in [0.1, 0.15) is 19.3 Å². The van der Waals surface area contributed by atoms with Crippen LogP contribution >= 0.6 is 0 Å². The van der Waals surface area contributed by atoms with Crippen molar-refractivity contribution in [3.63, 3.8) is 0 Å². The van der Waals surface area contributed by atoms with Crippen molar-refractivity contribution >= 4 is 17.5 Å². The number of rotatable bonds is 5. The molecule has 1 aromatic carbocycles. The first-order valence-electron chi connectivity index (χ1n) is 7.76. The van der Waals surface area contributed by atoms with Crippen molar-refractivity contribution in [1.82, 2.24) is 10.6 Å². The summed E-state index contributed by atoms with van der Waals surface area (Å²) in [6, 6.07) is 7.52. The largest absolute Gasteiger partial charge is 0.484 e. The summed E-state index contributed by atoms with van der Waals surface area (Å²) in [6.07, 6.45) is 2.49. The smallest absolute Gasteiger partial charge is 0.258 e. The van der Waals surface area contributed by atoms with Crippen molar-refractivity contribution in [2.75, 3.05) is 31.1 Å². The van der Waals surface area contributed by atoms with Crippen LogP contribution in [0, 0.1) is 0 Å². The van der Waals surface area contributed by atoms with Gasteiger partial charge in [-0.15, -0.1) is 0 Å². The molecule has 2 heterocycles. The van der Waals surface area contributed by atoms with E-state index in [1.165, 1.54) is 0 Å². The summed E-state index contributed by atoms with van der Waals surface area (Å²) in [5, 5.41) is 6.13. The standard InChI is InChI=1S/C16H21N3O3/c20-15(18-12-7-8-17-10-12)11-22-14-5-3-13(4-6-14)19-9-1-2-16(19)21/h3-6,12,17H,1-2,7-11H2,(H,18,20). The third-order valence-electron chi connectivity index (χ3n) is 4.02. The number of hydrogen-bond acceptors (Lipinski definition) is 4. The average molecular weight is 303 g/mol. The van der Waals surface area contributed by atoms with Gasteiger partial charge in [-0.05, 0) is 43.7 Å². The number of nitrogens with zero attached hydrogens (tertiary/aromatic N) is 1. The van der Waals surface area contributed by atoms with Crippen molar-refractivity contribution in [2.24, 2.45) is 0 Å². The first-order valence-corrected chi connectivity index (χ1v) is 7.76.